The molecule has 1 aliphatic heterocycles. The van der Waals surface area contributed by atoms with Gasteiger partial charge >= 0.3 is 5.97 Å². The molecular weight excluding hydrogens is 286 g/mol. The summed E-state index contributed by atoms with van der Waals surface area (Å²) in [6, 6.07) is 0. The Morgan fingerprint density at radius 2 is 2.35 bits per heavy atom. The van der Waals surface area contributed by atoms with Crippen molar-refractivity contribution in [3.05, 3.63) is 23.4 Å². The van der Waals surface area contributed by atoms with Gasteiger partial charge in [-0.25, -0.2) is 13.2 Å². The van der Waals surface area contributed by atoms with Gasteiger partial charge in [-0.2, -0.15) is 9.40 Å². The molecular formula is C11H15N3O5S. The lowest BCUT2D eigenvalue weighted by Gasteiger charge is -2.25. The first-order chi connectivity index (χ1) is 9.46. The summed E-state index contributed by atoms with van der Waals surface area (Å²) in [5.74, 6) is -1.33. The van der Waals surface area contributed by atoms with Crippen molar-refractivity contribution in [1.82, 2.24) is 14.5 Å². The number of carboxylic acid groups (broad SMARTS) is 1. The van der Waals surface area contributed by atoms with E-state index in [4.69, 9.17) is 9.84 Å². The van der Waals surface area contributed by atoms with E-state index in [0.29, 0.717) is 13.0 Å². The summed E-state index contributed by atoms with van der Waals surface area (Å²) in [5.41, 5.74) is 0.679. The molecule has 8 nitrogen and oxygen atoms in total. The zero-order chi connectivity index (χ0) is 14.8. The van der Waals surface area contributed by atoms with E-state index in [1.807, 2.05) is 0 Å². The fraction of sp³-hybridized carbons (Fsp3) is 0.455. The summed E-state index contributed by atoms with van der Waals surface area (Å²) < 4.78 is 30.9. The summed E-state index contributed by atoms with van der Waals surface area (Å²) in [6.07, 6.45) is 3.33. The second kappa shape index (κ2) is 5.73. The molecule has 0 aromatic carbocycles. The number of carboxylic acids is 1. The lowest BCUT2D eigenvalue weighted by atomic mass is 10.1. The molecule has 0 atom stereocenters. The van der Waals surface area contributed by atoms with Crippen molar-refractivity contribution in [1.29, 1.82) is 0 Å². The van der Waals surface area contributed by atoms with Gasteiger partial charge in [0.05, 0.1) is 12.8 Å². The molecule has 110 valence electrons. The standard InChI is InChI=1S/C11H15N3O5S/c1-19-7-8-2-4-14(5-3-8)20(17,18)10-9(11(15)16)6-12-13-10/h2,6H,3-5,7H2,1H3,(H,12,13)(H,15,16). The molecule has 1 aliphatic rings. The lowest BCUT2D eigenvalue weighted by Crippen LogP contribution is -2.36. The number of nitrogens with zero attached hydrogens (tertiary/aromatic N) is 2. The van der Waals surface area contributed by atoms with Gasteiger partial charge in [0.2, 0.25) is 0 Å². The minimum absolute atomic E-state index is 0.194. The SMILES string of the molecule is COCC1=CCN(S(=O)(=O)c2[nH]ncc2C(=O)O)CC1. The van der Waals surface area contributed by atoms with Crippen LogP contribution in [0, 0.1) is 0 Å². The average Bonchev–Trinajstić information content (AvgIpc) is 2.90. The Balaban J connectivity index is 2.24. The van der Waals surface area contributed by atoms with E-state index in [2.05, 4.69) is 10.2 Å². The zero-order valence-electron chi connectivity index (χ0n) is 10.9. The number of hydrogen-bond acceptors (Lipinski definition) is 5. The Hall–Kier alpha value is -1.71. The topological polar surface area (TPSA) is 113 Å². The zero-order valence-corrected chi connectivity index (χ0v) is 11.7. The maximum Gasteiger partial charge on any atom is 0.340 e. The first-order valence-electron chi connectivity index (χ1n) is 5.90. The fourth-order valence-corrected chi connectivity index (χ4v) is 3.43. The number of aromatic amines is 1. The van der Waals surface area contributed by atoms with Crippen molar-refractivity contribution in [2.75, 3.05) is 26.8 Å². The number of methoxy groups -OCH3 is 1. The van der Waals surface area contributed by atoms with Crippen LogP contribution < -0.4 is 0 Å². The monoisotopic (exact) mass is 301 g/mol. The van der Waals surface area contributed by atoms with Crippen LogP contribution in [-0.2, 0) is 14.8 Å². The molecule has 0 aliphatic carbocycles. The highest BCUT2D eigenvalue weighted by molar-refractivity contribution is 7.89. The molecule has 2 rings (SSSR count). The third-order valence-electron chi connectivity index (χ3n) is 3.03. The van der Waals surface area contributed by atoms with Crippen molar-refractivity contribution in [2.45, 2.75) is 11.4 Å². The maximum atomic E-state index is 12.4. The van der Waals surface area contributed by atoms with Gasteiger partial charge in [-0.1, -0.05) is 6.08 Å². The number of ether oxygens (including phenoxy) is 1. The minimum atomic E-state index is -3.88. The number of H-pyrrole nitrogens is 1. The highest BCUT2D eigenvalue weighted by atomic mass is 32.2. The van der Waals surface area contributed by atoms with Crippen molar-refractivity contribution < 1.29 is 23.1 Å². The number of hydrogen-bond donors (Lipinski definition) is 2. The van der Waals surface area contributed by atoms with Gasteiger partial charge < -0.3 is 9.84 Å². The van der Waals surface area contributed by atoms with Crippen molar-refractivity contribution in [2.24, 2.45) is 0 Å². The molecule has 2 heterocycles. The highest BCUT2D eigenvalue weighted by Crippen LogP contribution is 2.21. The number of sulfonamides is 1. The number of carbonyl (C=O) groups is 1. The van der Waals surface area contributed by atoms with E-state index < -0.39 is 16.0 Å². The van der Waals surface area contributed by atoms with E-state index in [9.17, 15) is 13.2 Å². The van der Waals surface area contributed by atoms with Gasteiger partial charge in [-0.05, 0) is 12.0 Å². The first kappa shape index (κ1) is 14.7. The Kier molecular flexibility index (Phi) is 4.21. The second-order valence-electron chi connectivity index (χ2n) is 4.33. The van der Waals surface area contributed by atoms with Crippen LogP contribution in [0.25, 0.3) is 0 Å². The van der Waals surface area contributed by atoms with Crippen LogP contribution in [0.5, 0.6) is 0 Å². The van der Waals surface area contributed by atoms with Gasteiger partial charge in [-0.3, -0.25) is 5.10 Å². The van der Waals surface area contributed by atoms with Gasteiger partial charge in [0.25, 0.3) is 10.0 Å². The Morgan fingerprint density at radius 1 is 1.60 bits per heavy atom. The maximum absolute atomic E-state index is 12.4. The molecule has 0 radical (unpaired) electrons. The van der Waals surface area contributed by atoms with E-state index in [0.717, 1.165) is 11.8 Å². The lowest BCUT2D eigenvalue weighted by molar-refractivity contribution is 0.0692. The average molecular weight is 301 g/mol. The van der Waals surface area contributed by atoms with E-state index in [1.54, 1.807) is 13.2 Å². The van der Waals surface area contributed by atoms with Gasteiger partial charge in [-0.15, -0.1) is 0 Å². The molecule has 0 bridgehead atoms. The molecule has 0 spiro atoms. The smallest absolute Gasteiger partial charge is 0.340 e. The number of aromatic nitrogens is 2. The van der Waals surface area contributed by atoms with Crippen LogP contribution in [0.2, 0.25) is 0 Å². The third kappa shape index (κ3) is 2.74. The molecule has 1 aromatic rings. The Bertz CT molecular complexity index is 634. The Labute approximate surface area is 116 Å². The van der Waals surface area contributed by atoms with Gasteiger partial charge in [0.1, 0.15) is 5.56 Å². The van der Waals surface area contributed by atoms with Crippen LogP contribution >= 0.6 is 0 Å². The quantitative estimate of drug-likeness (QED) is 0.744. The van der Waals surface area contributed by atoms with Crippen LogP contribution in [-0.4, -0.2) is 60.8 Å². The predicted octanol–water partition coefficient (Wildman–Crippen LogP) is 0.0751. The number of rotatable bonds is 5. The first-order valence-corrected chi connectivity index (χ1v) is 7.34. The third-order valence-corrected chi connectivity index (χ3v) is 4.87. The van der Waals surface area contributed by atoms with Gasteiger partial charge in [0.15, 0.2) is 5.03 Å². The van der Waals surface area contributed by atoms with Crippen LogP contribution in [0.1, 0.15) is 16.8 Å². The Morgan fingerprint density at radius 3 is 2.90 bits per heavy atom. The number of aromatic carboxylic acids is 1. The molecule has 20 heavy (non-hydrogen) atoms. The second-order valence-corrected chi connectivity index (χ2v) is 6.20. The molecule has 2 N–H and O–H groups in total. The van der Waals surface area contributed by atoms with Crippen LogP contribution in [0.4, 0.5) is 0 Å². The molecule has 0 fully saturated rings. The summed E-state index contributed by atoms with van der Waals surface area (Å²) in [5, 5.41) is 14.3. The summed E-state index contributed by atoms with van der Waals surface area (Å²) in [6.45, 7) is 0.951. The predicted molar refractivity (Wildman–Crippen MR) is 68.9 cm³/mol. The summed E-state index contributed by atoms with van der Waals surface area (Å²) >= 11 is 0. The van der Waals surface area contributed by atoms with Crippen molar-refractivity contribution in [3.8, 4) is 0 Å². The molecule has 0 saturated carbocycles. The molecule has 9 heteroatoms. The minimum Gasteiger partial charge on any atom is -0.478 e. The molecule has 0 saturated heterocycles. The fourth-order valence-electron chi connectivity index (χ4n) is 1.98. The highest BCUT2D eigenvalue weighted by Gasteiger charge is 2.31. The summed E-state index contributed by atoms with van der Waals surface area (Å²) in [7, 11) is -2.31. The van der Waals surface area contributed by atoms with Gasteiger partial charge in [0, 0.05) is 20.2 Å². The summed E-state index contributed by atoms with van der Waals surface area (Å²) in [4.78, 5) is 11.0. The van der Waals surface area contributed by atoms with E-state index >= 15 is 0 Å². The van der Waals surface area contributed by atoms with E-state index in [1.165, 1.54) is 4.31 Å². The van der Waals surface area contributed by atoms with Crippen LogP contribution in [0.15, 0.2) is 22.9 Å². The molecule has 0 unspecified atom stereocenters. The van der Waals surface area contributed by atoms with Crippen molar-refractivity contribution >= 4 is 16.0 Å². The van der Waals surface area contributed by atoms with Crippen LogP contribution in [0.3, 0.4) is 0 Å². The largest absolute Gasteiger partial charge is 0.478 e. The normalized spacial score (nSPS) is 16.9. The molecule has 1 aromatic heterocycles. The molecule has 0 amide bonds. The number of nitrogens with one attached hydrogen (secondary N) is 1. The van der Waals surface area contributed by atoms with E-state index in [-0.39, 0.29) is 23.7 Å². The van der Waals surface area contributed by atoms with Crippen molar-refractivity contribution in [3.63, 3.8) is 0 Å².